The van der Waals surface area contributed by atoms with Gasteiger partial charge in [-0.25, -0.2) is 0 Å². The van der Waals surface area contributed by atoms with Crippen molar-refractivity contribution >= 4 is 53.9 Å². The van der Waals surface area contributed by atoms with Crippen LogP contribution in [0.1, 0.15) is 5.56 Å². The fourth-order valence-electron chi connectivity index (χ4n) is 7.22. The Bertz CT molecular complexity index is 2600. The topological polar surface area (TPSA) is 12.9 Å². The van der Waals surface area contributed by atoms with E-state index in [9.17, 15) is 0 Å². The highest BCUT2D eigenvalue weighted by atomic mass is 14.6. The Balaban J connectivity index is 1.21. The van der Waals surface area contributed by atoms with E-state index in [1.165, 1.54) is 87.2 Å². The second kappa shape index (κ2) is 10.1. The minimum absolute atomic E-state index is 1.14. The number of rotatable bonds is 3. The molecule has 0 unspecified atom stereocenters. The smallest absolute Gasteiger partial charge is 0.0346 e. The Kier molecular flexibility index (Phi) is 5.79. The van der Waals surface area contributed by atoms with Gasteiger partial charge in [0.25, 0.3) is 0 Å². The summed E-state index contributed by atoms with van der Waals surface area (Å²) in [6, 6.07) is 53.6. The van der Waals surface area contributed by atoms with E-state index in [1.807, 2.05) is 18.5 Å². The van der Waals surface area contributed by atoms with E-state index < -0.39 is 0 Å². The second-order valence-corrected chi connectivity index (χ2v) is 12.1. The molecule has 0 spiro atoms. The lowest BCUT2D eigenvalue weighted by Crippen LogP contribution is -1.89. The van der Waals surface area contributed by atoms with Crippen molar-refractivity contribution in [3.63, 3.8) is 0 Å². The van der Waals surface area contributed by atoms with Gasteiger partial charge >= 0.3 is 0 Å². The van der Waals surface area contributed by atoms with Crippen molar-refractivity contribution in [2.45, 2.75) is 6.92 Å². The molecule has 0 aliphatic heterocycles. The average molecular weight is 572 g/mol. The van der Waals surface area contributed by atoms with E-state index in [0.717, 1.165) is 5.56 Å². The molecular formula is C44H29N. The maximum atomic E-state index is 4.29. The van der Waals surface area contributed by atoms with E-state index in [-0.39, 0.29) is 0 Å². The van der Waals surface area contributed by atoms with Gasteiger partial charge in [0.15, 0.2) is 0 Å². The van der Waals surface area contributed by atoms with Crippen molar-refractivity contribution in [2.24, 2.45) is 0 Å². The van der Waals surface area contributed by atoms with Gasteiger partial charge in [-0.2, -0.15) is 0 Å². The van der Waals surface area contributed by atoms with Crippen LogP contribution in [-0.4, -0.2) is 4.98 Å². The first-order chi connectivity index (χ1) is 22.2. The van der Waals surface area contributed by atoms with E-state index in [1.54, 1.807) is 0 Å². The number of fused-ring (bicyclic) bond motifs is 7. The Morgan fingerprint density at radius 3 is 1.60 bits per heavy atom. The Morgan fingerprint density at radius 2 is 0.911 bits per heavy atom. The van der Waals surface area contributed by atoms with Gasteiger partial charge in [0.1, 0.15) is 0 Å². The maximum absolute atomic E-state index is 4.29. The third kappa shape index (κ3) is 4.20. The molecule has 0 aliphatic rings. The first-order valence-corrected chi connectivity index (χ1v) is 15.5. The lowest BCUT2D eigenvalue weighted by Gasteiger charge is -2.16. The molecule has 0 fully saturated rings. The number of nitrogens with zero attached hydrogens (tertiary/aromatic N) is 1. The maximum Gasteiger partial charge on any atom is 0.0346 e. The van der Waals surface area contributed by atoms with Crippen molar-refractivity contribution in [3.8, 4) is 33.4 Å². The van der Waals surface area contributed by atoms with Crippen LogP contribution in [-0.2, 0) is 0 Å². The summed E-state index contributed by atoms with van der Waals surface area (Å²) in [4.78, 5) is 4.29. The van der Waals surface area contributed by atoms with Crippen LogP contribution < -0.4 is 0 Å². The molecule has 1 nitrogen and oxygen atoms in total. The van der Waals surface area contributed by atoms with Gasteiger partial charge in [-0.3, -0.25) is 4.98 Å². The van der Waals surface area contributed by atoms with Gasteiger partial charge in [-0.1, -0.05) is 121 Å². The largest absolute Gasteiger partial charge is 0.264 e. The van der Waals surface area contributed by atoms with Crippen LogP contribution >= 0.6 is 0 Å². The van der Waals surface area contributed by atoms with Crippen LogP contribution in [0.3, 0.4) is 0 Å². The SMILES string of the molecule is Cc1cccc2ccc3cccc(-c4cccc5ccc6cc(-c7ccc8cc(-c9cccnc9)ccc8c7)ccc6c45)c3c12. The molecule has 1 heterocycles. The molecule has 0 radical (unpaired) electrons. The van der Waals surface area contributed by atoms with Crippen molar-refractivity contribution in [3.05, 3.63) is 164 Å². The highest BCUT2D eigenvalue weighted by Gasteiger charge is 2.14. The van der Waals surface area contributed by atoms with E-state index in [0.29, 0.717) is 0 Å². The molecule has 1 heteroatoms. The standard InChI is InChI=1S/C44H29N/c1-28-6-2-7-29-13-14-31-9-4-12-41(44(31)42(28)29)40-11-3-8-30-15-20-37-26-35(21-22-39(37)43(30)40)33-16-17-34-25-36(19-18-32(34)24-33)38-10-5-23-45-27-38/h2-27H,1H3. The van der Waals surface area contributed by atoms with E-state index in [4.69, 9.17) is 0 Å². The number of aromatic nitrogens is 1. The van der Waals surface area contributed by atoms with Gasteiger partial charge in [0.05, 0.1) is 0 Å². The van der Waals surface area contributed by atoms with Crippen molar-refractivity contribution in [1.29, 1.82) is 0 Å². The number of hydrogen-bond acceptors (Lipinski definition) is 1. The predicted octanol–water partition coefficient (Wildman–Crippen LogP) is 12.2. The molecule has 45 heavy (non-hydrogen) atoms. The van der Waals surface area contributed by atoms with E-state index in [2.05, 4.69) is 151 Å². The summed E-state index contributed by atoms with van der Waals surface area (Å²) in [7, 11) is 0. The molecule has 9 aromatic rings. The zero-order chi connectivity index (χ0) is 29.9. The Morgan fingerprint density at radius 1 is 0.378 bits per heavy atom. The van der Waals surface area contributed by atoms with Crippen LogP contribution in [0, 0.1) is 6.92 Å². The van der Waals surface area contributed by atoms with Crippen molar-refractivity contribution < 1.29 is 0 Å². The molecule has 0 N–H and O–H groups in total. The molecule has 0 saturated heterocycles. The normalized spacial score (nSPS) is 11.7. The summed E-state index contributed by atoms with van der Waals surface area (Å²) >= 11 is 0. The Labute approximate surface area is 262 Å². The molecule has 1 aromatic heterocycles. The second-order valence-electron chi connectivity index (χ2n) is 12.1. The summed E-state index contributed by atoms with van der Waals surface area (Å²) in [6.07, 6.45) is 3.74. The molecule has 0 saturated carbocycles. The highest BCUT2D eigenvalue weighted by Crippen LogP contribution is 2.41. The molecule has 9 rings (SSSR count). The molecule has 8 aromatic carbocycles. The lowest BCUT2D eigenvalue weighted by molar-refractivity contribution is 1.33. The fraction of sp³-hybridized carbons (Fsp3) is 0.0227. The third-order valence-corrected chi connectivity index (χ3v) is 9.41. The predicted molar refractivity (Wildman–Crippen MR) is 193 cm³/mol. The first-order valence-electron chi connectivity index (χ1n) is 15.5. The summed E-state index contributed by atoms with van der Waals surface area (Å²) < 4.78 is 0. The minimum atomic E-state index is 1.14. The molecule has 0 amide bonds. The summed E-state index contributed by atoms with van der Waals surface area (Å²) in [5.41, 5.74) is 8.65. The number of hydrogen-bond donors (Lipinski definition) is 0. The minimum Gasteiger partial charge on any atom is -0.264 e. The molecular weight excluding hydrogens is 542 g/mol. The average Bonchev–Trinajstić information content (AvgIpc) is 3.10. The fourth-order valence-corrected chi connectivity index (χ4v) is 7.22. The summed E-state index contributed by atoms with van der Waals surface area (Å²) in [5.74, 6) is 0. The number of aryl methyl sites for hydroxylation is 1. The van der Waals surface area contributed by atoms with Crippen molar-refractivity contribution in [1.82, 2.24) is 4.98 Å². The number of pyridine rings is 1. The van der Waals surface area contributed by atoms with Crippen LogP contribution in [0.5, 0.6) is 0 Å². The van der Waals surface area contributed by atoms with Crippen LogP contribution in [0.15, 0.2) is 158 Å². The van der Waals surface area contributed by atoms with Crippen LogP contribution in [0.2, 0.25) is 0 Å². The third-order valence-electron chi connectivity index (χ3n) is 9.41. The van der Waals surface area contributed by atoms with Crippen LogP contribution in [0.4, 0.5) is 0 Å². The molecule has 210 valence electrons. The molecule has 0 bridgehead atoms. The van der Waals surface area contributed by atoms with Gasteiger partial charge in [0, 0.05) is 18.0 Å². The lowest BCUT2D eigenvalue weighted by atomic mass is 9.88. The summed E-state index contributed by atoms with van der Waals surface area (Å²) in [5, 5.41) is 12.8. The number of benzene rings is 8. The van der Waals surface area contributed by atoms with Gasteiger partial charge in [-0.05, 0) is 118 Å². The molecule has 0 atom stereocenters. The highest BCUT2D eigenvalue weighted by molar-refractivity contribution is 6.21. The Hall–Kier alpha value is -5.79. The quantitative estimate of drug-likeness (QED) is 0.192. The summed E-state index contributed by atoms with van der Waals surface area (Å²) in [6.45, 7) is 2.23. The first kappa shape index (κ1) is 25.7. The van der Waals surface area contributed by atoms with Crippen molar-refractivity contribution in [2.75, 3.05) is 0 Å². The molecule has 0 aliphatic carbocycles. The zero-order valence-corrected chi connectivity index (χ0v) is 25.0. The van der Waals surface area contributed by atoms with Gasteiger partial charge in [-0.15, -0.1) is 0 Å². The zero-order valence-electron chi connectivity index (χ0n) is 25.0. The van der Waals surface area contributed by atoms with E-state index >= 15 is 0 Å². The van der Waals surface area contributed by atoms with Gasteiger partial charge < -0.3 is 0 Å². The van der Waals surface area contributed by atoms with Gasteiger partial charge in [0.2, 0.25) is 0 Å². The van der Waals surface area contributed by atoms with Crippen LogP contribution in [0.25, 0.3) is 87.2 Å². The monoisotopic (exact) mass is 571 g/mol.